The van der Waals surface area contributed by atoms with Crippen LogP contribution in [0.25, 0.3) is 0 Å². The van der Waals surface area contributed by atoms with Gasteiger partial charge in [0.05, 0.1) is 5.92 Å². The van der Waals surface area contributed by atoms with Gasteiger partial charge in [-0.15, -0.1) is 0 Å². The summed E-state index contributed by atoms with van der Waals surface area (Å²) in [4.78, 5) is 26.5. The zero-order chi connectivity index (χ0) is 20.6. The van der Waals surface area contributed by atoms with Crippen molar-refractivity contribution >= 4 is 35.0 Å². The number of nitrogens with one attached hydrogen (secondary N) is 3. The van der Waals surface area contributed by atoms with E-state index in [4.69, 9.17) is 0 Å². The van der Waals surface area contributed by atoms with Crippen molar-refractivity contribution in [2.75, 3.05) is 22.6 Å². The molecule has 152 valence electrons. The minimum Gasteiger partial charge on any atom is -0.326 e. The molecule has 2 heterocycles. The van der Waals surface area contributed by atoms with Crippen LogP contribution in [0.1, 0.15) is 24.0 Å². The maximum absolute atomic E-state index is 13.3. The van der Waals surface area contributed by atoms with Gasteiger partial charge in [-0.25, -0.2) is 4.39 Å². The minimum atomic E-state index is -1.09. The van der Waals surface area contributed by atoms with Gasteiger partial charge in [0.15, 0.2) is 0 Å². The maximum Gasteiger partial charge on any atom is 0.250 e. The summed E-state index contributed by atoms with van der Waals surface area (Å²) in [7, 11) is 0. The van der Waals surface area contributed by atoms with Gasteiger partial charge >= 0.3 is 0 Å². The predicted molar refractivity (Wildman–Crippen MR) is 115 cm³/mol. The maximum atomic E-state index is 13.3. The first kappa shape index (κ1) is 19.9. The summed E-state index contributed by atoms with van der Waals surface area (Å²) in [5, 5.41) is 9.34. The lowest BCUT2D eigenvalue weighted by Gasteiger charge is -2.29. The minimum absolute atomic E-state index is 0.0589. The number of amides is 2. The monoisotopic (exact) mass is 413 g/mol. The quantitative estimate of drug-likeness (QED) is 0.700. The Morgan fingerprint density at radius 3 is 2.76 bits per heavy atom. The van der Waals surface area contributed by atoms with Crippen LogP contribution in [0, 0.1) is 18.7 Å². The third-order valence-electron chi connectivity index (χ3n) is 5.78. The third kappa shape index (κ3) is 3.53. The largest absolute Gasteiger partial charge is 0.326 e. The predicted octanol–water partition coefficient (Wildman–Crippen LogP) is 3.65. The molecule has 1 saturated heterocycles. The molecule has 0 radical (unpaired) electrons. The molecule has 4 rings (SSSR count). The molecule has 2 aromatic rings. The molecule has 0 aromatic heterocycles. The number of fused-ring (bicyclic) bond motifs is 2. The molecule has 0 unspecified atom stereocenters. The Labute approximate surface area is 173 Å². The van der Waals surface area contributed by atoms with E-state index in [-0.39, 0.29) is 23.7 Å². The number of hydrogen-bond acceptors (Lipinski definition) is 4. The number of anilines is 2. The van der Waals surface area contributed by atoms with Gasteiger partial charge in [-0.3, -0.25) is 14.9 Å². The van der Waals surface area contributed by atoms with Crippen molar-refractivity contribution < 1.29 is 14.0 Å². The third-order valence-corrected chi connectivity index (χ3v) is 6.42. The molecule has 29 heavy (non-hydrogen) atoms. The van der Waals surface area contributed by atoms with Gasteiger partial charge in [0.1, 0.15) is 11.4 Å². The van der Waals surface area contributed by atoms with Crippen LogP contribution in [-0.2, 0) is 15.1 Å². The highest BCUT2D eigenvalue weighted by atomic mass is 32.2. The van der Waals surface area contributed by atoms with Gasteiger partial charge in [0.2, 0.25) is 11.8 Å². The smallest absolute Gasteiger partial charge is 0.250 e. The summed E-state index contributed by atoms with van der Waals surface area (Å²) in [6.07, 6.45) is 3.48. The van der Waals surface area contributed by atoms with E-state index in [0.29, 0.717) is 12.1 Å². The number of halogens is 1. The van der Waals surface area contributed by atoms with Crippen molar-refractivity contribution in [3.05, 3.63) is 59.4 Å². The Morgan fingerprint density at radius 2 is 2.03 bits per heavy atom. The molecular formula is C22H24FN3O2S. The Hall–Kier alpha value is -2.38. The molecule has 0 bridgehead atoms. The lowest BCUT2D eigenvalue weighted by atomic mass is 9.79. The molecule has 7 heteroatoms. The molecule has 2 aromatic carbocycles. The molecule has 0 aliphatic carbocycles. The molecule has 2 aliphatic heterocycles. The number of carbonyl (C=O) groups is 2. The van der Waals surface area contributed by atoms with Crippen LogP contribution in [0.3, 0.4) is 0 Å². The molecule has 5 nitrogen and oxygen atoms in total. The van der Waals surface area contributed by atoms with Gasteiger partial charge in [0, 0.05) is 23.0 Å². The first-order valence-electron chi connectivity index (χ1n) is 9.69. The second kappa shape index (κ2) is 7.80. The van der Waals surface area contributed by atoms with Crippen LogP contribution in [-0.4, -0.2) is 29.9 Å². The average Bonchev–Trinajstić information content (AvgIpc) is 3.22. The summed E-state index contributed by atoms with van der Waals surface area (Å²) >= 11 is 1.75. The number of hydrogen-bond donors (Lipinski definition) is 3. The fraction of sp³-hybridized carbons (Fsp3) is 0.364. The van der Waals surface area contributed by atoms with Crippen LogP contribution in [0.15, 0.2) is 42.5 Å². The second-order valence-electron chi connectivity index (χ2n) is 7.72. The second-order valence-corrected chi connectivity index (χ2v) is 8.70. The lowest BCUT2D eigenvalue weighted by molar-refractivity contribution is -0.130. The molecule has 3 atom stereocenters. The van der Waals surface area contributed by atoms with E-state index in [1.807, 2.05) is 31.4 Å². The summed E-state index contributed by atoms with van der Waals surface area (Å²) in [5.74, 6) is -0.409. The van der Waals surface area contributed by atoms with E-state index < -0.39 is 11.5 Å². The van der Waals surface area contributed by atoms with E-state index in [1.165, 1.54) is 24.3 Å². The van der Waals surface area contributed by atoms with Gasteiger partial charge < -0.3 is 10.6 Å². The van der Waals surface area contributed by atoms with Crippen LogP contribution < -0.4 is 16.0 Å². The number of benzene rings is 2. The number of carbonyl (C=O) groups excluding carboxylic acids is 2. The van der Waals surface area contributed by atoms with Gasteiger partial charge in [-0.1, -0.05) is 17.7 Å². The molecule has 3 N–H and O–H groups in total. The first-order valence-corrected chi connectivity index (χ1v) is 11.1. The van der Waals surface area contributed by atoms with Gasteiger partial charge in [0.25, 0.3) is 0 Å². The molecule has 0 saturated carbocycles. The molecule has 1 fully saturated rings. The van der Waals surface area contributed by atoms with Crippen molar-refractivity contribution in [2.45, 2.75) is 31.3 Å². The Bertz CT molecular complexity index is 950. The van der Waals surface area contributed by atoms with E-state index >= 15 is 0 Å². The summed E-state index contributed by atoms with van der Waals surface area (Å²) in [6.45, 7) is 1.98. The fourth-order valence-electron chi connectivity index (χ4n) is 4.39. The standard InChI is InChI=1S/C22H24FN3O2S/c1-13-3-8-19-17(11-13)22(21(28)25-19)18(12-16(26-22)9-10-29-2)20(27)24-15-6-4-14(23)5-7-15/h3-8,11,16,18,26H,9-10,12H2,1-2H3,(H,24,27)(H,25,28)/t16-,18+,22-/m0/s1. The highest BCUT2D eigenvalue weighted by Gasteiger charge is 2.59. The Kier molecular flexibility index (Phi) is 5.36. The average molecular weight is 414 g/mol. The fourth-order valence-corrected chi connectivity index (χ4v) is 4.91. The zero-order valence-corrected chi connectivity index (χ0v) is 17.2. The summed E-state index contributed by atoms with van der Waals surface area (Å²) < 4.78 is 13.2. The molecule has 2 amide bonds. The van der Waals surface area contributed by atoms with Crippen LogP contribution in [0.5, 0.6) is 0 Å². The van der Waals surface area contributed by atoms with E-state index in [0.717, 1.165) is 29.0 Å². The van der Waals surface area contributed by atoms with Crippen LogP contribution in [0.4, 0.5) is 15.8 Å². The van der Waals surface area contributed by atoms with Crippen molar-refractivity contribution in [1.29, 1.82) is 0 Å². The molecule has 2 aliphatic rings. The molecule has 1 spiro atoms. The van der Waals surface area contributed by atoms with Crippen LogP contribution in [0.2, 0.25) is 0 Å². The molecular weight excluding hydrogens is 389 g/mol. The van der Waals surface area contributed by atoms with Gasteiger partial charge in [-0.2, -0.15) is 11.8 Å². The van der Waals surface area contributed by atoms with Crippen LogP contribution >= 0.6 is 11.8 Å². The summed E-state index contributed by atoms with van der Waals surface area (Å²) in [5.41, 5.74) is 2.04. The van der Waals surface area contributed by atoms with Crippen molar-refractivity contribution in [3.8, 4) is 0 Å². The SMILES string of the molecule is CSCC[C@H]1C[C@H](C(=O)Nc2ccc(F)cc2)[C@]2(N1)C(=O)Nc1ccc(C)cc12. The van der Waals surface area contributed by atoms with E-state index in [9.17, 15) is 14.0 Å². The highest BCUT2D eigenvalue weighted by molar-refractivity contribution is 7.98. The Morgan fingerprint density at radius 1 is 1.28 bits per heavy atom. The van der Waals surface area contributed by atoms with Gasteiger partial charge in [-0.05, 0) is 62.1 Å². The lowest BCUT2D eigenvalue weighted by Crippen LogP contribution is -2.52. The topological polar surface area (TPSA) is 70.2 Å². The number of rotatable bonds is 5. The number of thioether (sulfide) groups is 1. The van der Waals surface area contributed by atoms with Crippen molar-refractivity contribution in [2.24, 2.45) is 5.92 Å². The van der Waals surface area contributed by atoms with Crippen molar-refractivity contribution in [3.63, 3.8) is 0 Å². The highest BCUT2D eigenvalue weighted by Crippen LogP contribution is 2.48. The normalized spacial score (nSPS) is 25.1. The van der Waals surface area contributed by atoms with Crippen molar-refractivity contribution in [1.82, 2.24) is 5.32 Å². The zero-order valence-electron chi connectivity index (χ0n) is 16.4. The Balaban J connectivity index is 1.70. The summed E-state index contributed by atoms with van der Waals surface area (Å²) in [6, 6.07) is 11.6. The van der Waals surface area contributed by atoms with E-state index in [1.54, 1.807) is 11.8 Å². The number of aryl methyl sites for hydroxylation is 1. The first-order chi connectivity index (χ1) is 13.9. The van der Waals surface area contributed by atoms with E-state index in [2.05, 4.69) is 16.0 Å².